The molecule has 0 heterocycles. The minimum Gasteiger partial charge on any atom is -0.362 e. The fraction of sp³-hybridized carbons (Fsp3) is 0.765. The van der Waals surface area contributed by atoms with E-state index in [-0.39, 0.29) is 0 Å². The molecule has 0 aromatic carbocycles. The molecule has 0 unspecified atom stereocenters. The van der Waals surface area contributed by atoms with Crippen LogP contribution in [0.4, 0.5) is 0 Å². The van der Waals surface area contributed by atoms with Crippen LogP contribution in [-0.2, 0) is 0 Å². The van der Waals surface area contributed by atoms with Gasteiger partial charge in [0, 0.05) is 13.1 Å². The largest absolute Gasteiger partial charge is 0.362 e. The first-order chi connectivity index (χ1) is 12.1. The second-order valence-electron chi connectivity index (χ2n) is 6.01. The number of hydrazone groups is 2. The Hall–Kier alpha value is -1.15. The summed E-state index contributed by atoms with van der Waals surface area (Å²) in [7, 11) is 0. The molecule has 0 bridgehead atoms. The molecule has 0 aromatic heterocycles. The predicted molar refractivity (Wildman–Crippen MR) is 116 cm³/mol. The highest BCUT2D eigenvalue weighted by atomic mass is 32.2. The summed E-state index contributed by atoms with van der Waals surface area (Å²) < 4.78 is 0. The Balaban J connectivity index is 2.73. The van der Waals surface area contributed by atoms with E-state index in [9.17, 15) is 0 Å². The molecular weight excluding hydrogens is 352 g/mol. The summed E-state index contributed by atoms with van der Waals surface area (Å²) in [5.41, 5.74) is 7.77. The number of thioether (sulfide) groups is 1. The van der Waals surface area contributed by atoms with E-state index in [4.69, 9.17) is 12.2 Å². The summed E-state index contributed by atoms with van der Waals surface area (Å²) in [5, 5.41) is 13.4. The van der Waals surface area contributed by atoms with Crippen molar-refractivity contribution < 1.29 is 0 Å². The Morgan fingerprint density at radius 2 is 1.88 bits per heavy atom. The zero-order chi connectivity index (χ0) is 18.5. The standard InChI is InChI=1S/C17H32N6S2/c1-5-18-16(24)22-21-15(12-11-14-9-7-8-10-14)13(3)20-23-17(25-4)19-6-2/h14H,5-12H2,1-4H3,(H,19,23)(H2,18,22,24)/b20-13+,21-15+. The Labute approximate surface area is 161 Å². The smallest absolute Gasteiger partial charge is 0.186 e. The van der Waals surface area contributed by atoms with Gasteiger partial charge < -0.3 is 5.32 Å². The number of amidine groups is 1. The lowest BCUT2D eigenvalue weighted by atomic mass is 9.98. The maximum absolute atomic E-state index is 5.20. The molecule has 1 saturated carbocycles. The van der Waals surface area contributed by atoms with Gasteiger partial charge in [-0.1, -0.05) is 37.4 Å². The molecule has 1 rings (SSSR count). The van der Waals surface area contributed by atoms with Crippen molar-refractivity contribution >= 4 is 45.7 Å². The molecule has 6 nitrogen and oxygen atoms in total. The Bertz CT molecular complexity index is 495. The van der Waals surface area contributed by atoms with Crippen LogP contribution in [0.3, 0.4) is 0 Å². The number of rotatable bonds is 8. The monoisotopic (exact) mass is 384 g/mol. The zero-order valence-electron chi connectivity index (χ0n) is 15.9. The van der Waals surface area contributed by atoms with Crippen molar-refractivity contribution in [2.75, 3.05) is 19.3 Å². The highest BCUT2D eigenvalue weighted by Crippen LogP contribution is 2.28. The van der Waals surface area contributed by atoms with Crippen molar-refractivity contribution in [3.63, 3.8) is 0 Å². The molecule has 3 N–H and O–H groups in total. The number of nitrogens with one attached hydrogen (secondary N) is 3. The van der Waals surface area contributed by atoms with E-state index in [0.29, 0.717) is 5.11 Å². The van der Waals surface area contributed by atoms with Crippen LogP contribution in [0, 0.1) is 5.92 Å². The Morgan fingerprint density at radius 1 is 1.16 bits per heavy atom. The third-order valence-electron chi connectivity index (χ3n) is 4.13. The SMILES string of the molecule is CCN=C(N/N=C(C)/C(CCC1CCCC1)=N/NC(=S)NCC)SC. The number of nitrogens with zero attached hydrogens (tertiary/aromatic N) is 3. The average molecular weight is 385 g/mol. The van der Waals surface area contributed by atoms with Crippen LogP contribution in [0.1, 0.15) is 59.3 Å². The lowest BCUT2D eigenvalue weighted by Gasteiger charge is -2.12. The maximum Gasteiger partial charge on any atom is 0.186 e. The molecule has 1 aliphatic rings. The van der Waals surface area contributed by atoms with Crippen LogP contribution in [0.2, 0.25) is 0 Å². The first-order valence-corrected chi connectivity index (χ1v) is 10.7. The van der Waals surface area contributed by atoms with E-state index in [0.717, 1.165) is 48.4 Å². The fourth-order valence-corrected chi connectivity index (χ4v) is 3.35. The van der Waals surface area contributed by atoms with Gasteiger partial charge in [-0.3, -0.25) is 15.8 Å². The fourth-order valence-electron chi connectivity index (χ4n) is 2.76. The maximum atomic E-state index is 5.20. The molecule has 8 heteroatoms. The quantitative estimate of drug-likeness (QED) is 0.258. The van der Waals surface area contributed by atoms with E-state index in [1.54, 1.807) is 11.8 Å². The van der Waals surface area contributed by atoms with Crippen LogP contribution in [0.5, 0.6) is 0 Å². The van der Waals surface area contributed by atoms with Crippen LogP contribution < -0.4 is 16.2 Å². The van der Waals surface area contributed by atoms with Gasteiger partial charge in [-0.15, -0.1) is 0 Å². The van der Waals surface area contributed by atoms with Gasteiger partial charge in [0.05, 0.1) is 11.4 Å². The predicted octanol–water partition coefficient (Wildman–Crippen LogP) is 3.50. The summed E-state index contributed by atoms with van der Waals surface area (Å²) in [5.74, 6) is 0.815. The van der Waals surface area contributed by atoms with Gasteiger partial charge in [0.25, 0.3) is 0 Å². The number of hydrogen-bond donors (Lipinski definition) is 3. The topological polar surface area (TPSA) is 73.2 Å². The van der Waals surface area contributed by atoms with E-state index in [1.165, 1.54) is 25.7 Å². The van der Waals surface area contributed by atoms with E-state index in [2.05, 4.69) is 31.4 Å². The van der Waals surface area contributed by atoms with Gasteiger partial charge in [-0.2, -0.15) is 10.2 Å². The number of thiocarbonyl (C=S) groups is 1. The molecule has 0 spiro atoms. The molecule has 0 amide bonds. The van der Waals surface area contributed by atoms with Crippen molar-refractivity contribution in [2.24, 2.45) is 21.1 Å². The van der Waals surface area contributed by atoms with Crippen LogP contribution in [0.25, 0.3) is 0 Å². The van der Waals surface area contributed by atoms with Gasteiger partial charge in [-0.25, -0.2) is 0 Å². The normalized spacial score (nSPS) is 16.9. The van der Waals surface area contributed by atoms with Crippen LogP contribution in [-0.4, -0.2) is 41.0 Å². The second-order valence-corrected chi connectivity index (χ2v) is 7.21. The van der Waals surface area contributed by atoms with Gasteiger partial charge >= 0.3 is 0 Å². The van der Waals surface area contributed by atoms with Gasteiger partial charge in [0.2, 0.25) is 0 Å². The molecule has 0 radical (unpaired) electrons. The minimum atomic E-state index is 0.541. The lowest BCUT2D eigenvalue weighted by Crippen LogP contribution is -2.33. The summed E-state index contributed by atoms with van der Waals surface area (Å²) in [4.78, 5) is 4.36. The van der Waals surface area contributed by atoms with E-state index in [1.807, 2.05) is 27.0 Å². The molecule has 25 heavy (non-hydrogen) atoms. The molecule has 0 saturated heterocycles. The van der Waals surface area contributed by atoms with Crippen molar-refractivity contribution in [1.82, 2.24) is 16.2 Å². The highest BCUT2D eigenvalue weighted by Gasteiger charge is 2.16. The first-order valence-electron chi connectivity index (χ1n) is 9.10. The molecule has 0 aromatic rings. The molecule has 142 valence electrons. The van der Waals surface area contributed by atoms with Crippen molar-refractivity contribution in [1.29, 1.82) is 0 Å². The summed E-state index contributed by atoms with van der Waals surface area (Å²) in [6.45, 7) is 7.50. The van der Waals surface area contributed by atoms with Crippen molar-refractivity contribution in [2.45, 2.75) is 59.3 Å². The van der Waals surface area contributed by atoms with E-state index < -0.39 is 0 Å². The first kappa shape index (κ1) is 21.9. The molecular formula is C17H32N6S2. The second kappa shape index (κ2) is 13.1. The zero-order valence-corrected chi connectivity index (χ0v) is 17.5. The summed E-state index contributed by atoms with van der Waals surface area (Å²) >= 11 is 6.75. The number of hydrogen-bond acceptors (Lipinski definition) is 5. The molecule has 0 atom stereocenters. The van der Waals surface area contributed by atoms with E-state index >= 15 is 0 Å². The Morgan fingerprint density at radius 3 is 2.48 bits per heavy atom. The minimum absolute atomic E-state index is 0.541. The summed E-state index contributed by atoms with van der Waals surface area (Å²) in [6, 6.07) is 0. The van der Waals surface area contributed by atoms with Gasteiger partial charge in [0.15, 0.2) is 10.3 Å². The van der Waals surface area contributed by atoms with Gasteiger partial charge in [-0.05, 0) is 58.0 Å². The molecule has 0 aliphatic heterocycles. The third-order valence-corrected chi connectivity index (χ3v) is 4.97. The molecule has 1 fully saturated rings. The lowest BCUT2D eigenvalue weighted by molar-refractivity contribution is 0.515. The average Bonchev–Trinajstić information content (AvgIpc) is 3.12. The van der Waals surface area contributed by atoms with Gasteiger partial charge in [0.1, 0.15) is 0 Å². The summed E-state index contributed by atoms with van der Waals surface area (Å²) in [6.07, 6.45) is 9.44. The van der Waals surface area contributed by atoms with Crippen molar-refractivity contribution in [3.05, 3.63) is 0 Å². The van der Waals surface area contributed by atoms with Crippen LogP contribution >= 0.6 is 24.0 Å². The van der Waals surface area contributed by atoms with Crippen molar-refractivity contribution in [3.8, 4) is 0 Å². The number of aliphatic imine (C=N–C) groups is 1. The highest BCUT2D eigenvalue weighted by molar-refractivity contribution is 8.13. The third kappa shape index (κ3) is 9.21. The van der Waals surface area contributed by atoms with Crippen LogP contribution in [0.15, 0.2) is 15.2 Å². The molecule has 1 aliphatic carbocycles. The Kier molecular flexibility index (Phi) is 11.5.